The van der Waals surface area contributed by atoms with E-state index in [1.165, 1.54) is 19.3 Å². The Bertz CT molecular complexity index is 336. The summed E-state index contributed by atoms with van der Waals surface area (Å²) in [6.45, 7) is 2.16. The van der Waals surface area contributed by atoms with Gasteiger partial charge in [0.15, 0.2) is 0 Å². The van der Waals surface area contributed by atoms with Crippen LogP contribution in [0.1, 0.15) is 51.4 Å². The van der Waals surface area contributed by atoms with Crippen LogP contribution in [0.15, 0.2) is 0 Å². The molecule has 2 N–H and O–H groups in total. The van der Waals surface area contributed by atoms with Crippen LogP contribution in [0.4, 0.5) is 0 Å². The van der Waals surface area contributed by atoms with Gasteiger partial charge >= 0.3 is 0 Å². The summed E-state index contributed by atoms with van der Waals surface area (Å²) >= 11 is 0. The van der Waals surface area contributed by atoms with Gasteiger partial charge < -0.3 is 15.5 Å². The van der Waals surface area contributed by atoms with Gasteiger partial charge in [-0.3, -0.25) is 4.79 Å². The fourth-order valence-corrected chi connectivity index (χ4v) is 4.37. The van der Waals surface area contributed by atoms with E-state index < -0.39 is 0 Å². The first-order chi connectivity index (χ1) is 9.72. The second kappa shape index (κ2) is 9.31. The molecule has 6 heteroatoms. The highest BCUT2D eigenvalue weighted by Gasteiger charge is 2.36. The van der Waals surface area contributed by atoms with Crippen molar-refractivity contribution in [2.75, 3.05) is 20.1 Å². The third-order valence-corrected chi connectivity index (χ3v) is 5.64. The number of hydrogen-bond acceptors (Lipinski definition) is 3. The van der Waals surface area contributed by atoms with Crippen LogP contribution in [0.25, 0.3) is 0 Å². The number of nitrogens with zero attached hydrogens (tertiary/aromatic N) is 1. The van der Waals surface area contributed by atoms with E-state index in [1.54, 1.807) is 0 Å². The Morgan fingerprint density at radius 1 is 1.09 bits per heavy atom. The maximum atomic E-state index is 12.2. The normalized spacial score (nSPS) is 32.5. The molecule has 0 aromatic heterocycles. The summed E-state index contributed by atoms with van der Waals surface area (Å²) in [4.78, 5) is 14.8. The predicted molar refractivity (Wildman–Crippen MR) is 95.1 cm³/mol. The van der Waals surface area contributed by atoms with Gasteiger partial charge in [-0.2, -0.15) is 0 Å². The largest absolute Gasteiger partial charge is 0.353 e. The van der Waals surface area contributed by atoms with Crippen molar-refractivity contribution in [3.8, 4) is 0 Å². The first-order valence-corrected chi connectivity index (χ1v) is 8.44. The molecule has 4 nitrogen and oxygen atoms in total. The van der Waals surface area contributed by atoms with Crippen molar-refractivity contribution in [3.63, 3.8) is 0 Å². The van der Waals surface area contributed by atoms with Crippen LogP contribution < -0.4 is 10.6 Å². The van der Waals surface area contributed by atoms with Gasteiger partial charge in [-0.25, -0.2) is 0 Å². The van der Waals surface area contributed by atoms with Crippen molar-refractivity contribution >= 4 is 30.7 Å². The highest BCUT2D eigenvalue weighted by Crippen LogP contribution is 2.32. The highest BCUT2D eigenvalue weighted by molar-refractivity contribution is 5.85. The second-order valence-corrected chi connectivity index (χ2v) is 7.04. The Morgan fingerprint density at radius 3 is 2.27 bits per heavy atom. The number of halogens is 2. The van der Waals surface area contributed by atoms with E-state index in [4.69, 9.17) is 0 Å². The molecule has 3 fully saturated rings. The lowest BCUT2D eigenvalue weighted by atomic mass is 9.82. The van der Waals surface area contributed by atoms with Gasteiger partial charge in [0.25, 0.3) is 0 Å². The monoisotopic (exact) mass is 351 g/mol. The van der Waals surface area contributed by atoms with Crippen molar-refractivity contribution in [2.24, 2.45) is 5.92 Å². The average molecular weight is 352 g/mol. The molecule has 0 radical (unpaired) electrons. The van der Waals surface area contributed by atoms with Crippen molar-refractivity contribution in [3.05, 3.63) is 0 Å². The molecule has 2 bridgehead atoms. The standard InChI is InChI=1S/C16H29N3O.2ClH/c1-19-14-3-2-4-15(19)11-13(10-14)18-16(20)9-12-5-7-17-8-6-12;;/h12-15,17H,2-11H2,1H3,(H,18,20);2*1H. The lowest BCUT2D eigenvalue weighted by Crippen LogP contribution is -2.55. The van der Waals surface area contributed by atoms with Crippen molar-refractivity contribution in [1.82, 2.24) is 15.5 Å². The minimum absolute atomic E-state index is 0. The maximum absolute atomic E-state index is 12.2. The Kier molecular flexibility index (Phi) is 8.47. The summed E-state index contributed by atoms with van der Waals surface area (Å²) in [7, 11) is 2.27. The van der Waals surface area contributed by atoms with Gasteiger partial charge in [-0.05, 0) is 64.6 Å². The number of amides is 1. The molecule has 0 saturated carbocycles. The maximum Gasteiger partial charge on any atom is 0.220 e. The number of hydrogen-bond donors (Lipinski definition) is 2. The molecule has 3 aliphatic rings. The van der Waals surface area contributed by atoms with E-state index >= 15 is 0 Å². The van der Waals surface area contributed by atoms with Crippen molar-refractivity contribution in [1.29, 1.82) is 0 Å². The number of carbonyl (C=O) groups is 1. The number of nitrogens with one attached hydrogen (secondary N) is 2. The fraction of sp³-hybridized carbons (Fsp3) is 0.938. The van der Waals surface area contributed by atoms with Gasteiger partial charge in [0.05, 0.1) is 0 Å². The van der Waals surface area contributed by atoms with Crippen LogP contribution in [0.5, 0.6) is 0 Å². The molecular weight excluding hydrogens is 321 g/mol. The zero-order valence-corrected chi connectivity index (χ0v) is 15.2. The quantitative estimate of drug-likeness (QED) is 0.820. The molecule has 0 spiro atoms. The summed E-state index contributed by atoms with van der Waals surface area (Å²) in [5.74, 6) is 0.895. The molecule has 0 aromatic rings. The number of fused-ring (bicyclic) bond motifs is 2. The third-order valence-electron chi connectivity index (χ3n) is 5.64. The second-order valence-electron chi connectivity index (χ2n) is 7.04. The predicted octanol–water partition coefficient (Wildman–Crippen LogP) is 2.35. The van der Waals surface area contributed by atoms with Crippen LogP contribution in [-0.2, 0) is 4.79 Å². The molecule has 0 aliphatic carbocycles. The molecule has 1 amide bonds. The first-order valence-electron chi connectivity index (χ1n) is 8.44. The molecule has 0 aromatic carbocycles. The molecule has 2 unspecified atom stereocenters. The van der Waals surface area contributed by atoms with Gasteiger partial charge in [-0.15, -0.1) is 24.8 Å². The topological polar surface area (TPSA) is 44.4 Å². The molecule has 3 saturated heterocycles. The van der Waals surface area contributed by atoms with Crippen molar-refractivity contribution in [2.45, 2.75) is 69.5 Å². The zero-order valence-electron chi connectivity index (χ0n) is 13.6. The van der Waals surface area contributed by atoms with Gasteiger partial charge in [0.2, 0.25) is 5.91 Å². The third kappa shape index (κ3) is 4.98. The minimum atomic E-state index is 0. The first kappa shape index (κ1) is 20.0. The van der Waals surface area contributed by atoms with E-state index in [1.807, 2.05) is 0 Å². The van der Waals surface area contributed by atoms with Crippen LogP contribution >= 0.6 is 24.8 Å². The molecule has 3 aliphatic heterocycles. The summed E-state index contributed by atoms with van der Waals surface area (Å²) < 4.78 is 0. The Morgan fingerprint density at radius 2 is 1.68 bits per heavy atom. The van der Waals surface area contributed by atoms with Gasteiger partial charge in [0, 0.05) is 24.5 Å². The zero-order chi connectivity index (χ0) is 13.9. The Labute approximate surface area is 147 Å². The lowest BCUT2D eigenvalue weighted by Gasteiger charge is -2.47. The summed E-state index contributed by atoms with van der Waals surface area (Å²) in [6, 6.07) is 1.83. The Hall–Kier alpha value is -0.0300. The summed E-state index contributed by atoms with van der Waals surface area (Å²) in [5.41, 5.74) is 0. The molecule has 22 heavy (non-hydrogen) atoms. The SMILES string of the molecule is CN1C2CCCC1CC(NC(=O)CC1CCNCC1)C2.Cl.Cl. The van der Waals surface area contributed by atoms with Crippen LogP contribution in [0.2, 0.25) is 0 Å². The molecule has 3 rings (SSSR count). The molecular formula is C16H31Cl2N3O. The molecule has 3 heterocycles. The smallest absolute Gasteiger partial charge is 0.220 e. The highest BCUT2D eigenvalue weighted by atomic mass is 35.5. The fourth-order valence-electron chi connectivity index (χ4n) is 4.37. The summed E-state index contributed by atoms with van der Waals surface area (Å²) in [6.07, 6.45) is 9.37. The van der Waals surface area contributed by atoms with E-state index in [9.17, 15) is 4.79 Å². The van der Waals surface area contributed by atoms with Crippen LogP contribution in [-0.4, -0.2) is 49.1 Å². The van der Waals surface area contributed by atoms with E-state index in [2.05, 4.69) is 22.6 Å². The minimum Gasteiger partial charge on any atom is -0.353 e. The van der Waals surface area contributed by atoms with E-state index in [0.29, 0.717) is 30.0 Å². The van der Waals surface area contributed by atoms with E-state index in [-0.39, 0.29) is 24.8 Å². The number of rotatable bonds is 3. The summed E-state index contributed by atoms with van der Waals surface area (Å²) in [5, 5.41) is 6.69. The number of piperidine rings is 3. The van der Waals surface area contributed by atoms with Gasteiger partial charge in [0.1, 0.15) is 0 Å². The Balaban J connectivity index is 0.00000121. The van der Waals surface area contributed by atoms with Crippen LogP contribution in [0.3, 0.4) is 0 Å². The molecule has 2 atom stereocenters. The van der Waals surface area contributed by atoms with Gasteiger partial charge in [-0.1, -0.05) is 6.42 Å². The van der Waals surface area contributed by atoms with Crippen molar-refractivity contribution < 1.29 is 4.79 Å². The van der Waals surface area contributed by atoms with Crippen LogP contribution in [0, 0.1) is 5.92 Å². The van der Waals surface area contributed by atoms with E-state index in [0.717, 1.165) is 45.2 Å². The average Bonchev–Trinajstić information content (AvgIpc) is 2.41. The lowest BCUT2D eigenvalue weighted by molar-refractivity contribution is -0.123. The molecule has 130 valence electrons. The number of carbonyl (C=O) groups excluding carboxylic acids is 1.